The van der Waals surface area contributed by atoms with Crippen molar-refractivity contribution in [1.82, 2.24) is 0 Å². The molecule has 0 bridgehead atoms. The Bertz CT molecular complexity index is 792. The topological polar surface area (TPSA) is 32.7 Å². The van der Waals surface area contributed by atoms with Crippen LogP contribution >= 0.6 is 0 Å². The summed E-state index contributed by atoms with van der Waals surface area (Å²) in [6.07, 6.45) is 1.13. The molecule has 0 spiro atoms. The highest BCUT2D eigenvalue weighted by atomic mass is 16.5. The number of nitrogens with zero attached hydrogens (tertiary/aromatic N) is 1. The van der Waals surface area contributed by atoms with Crippen LogP contribution in [0, 0.1) is 0 Å². The van der Waals surface area contributed by atoms with Crippen molar-refractivity contribution in [1.29, 1.82) is 0 Å². The lowest BCUT2D eigenvalue weighted by molar-refractivity contribution is 0.282. The SMILES string of the molecule is CCC(C)c1ccc(N(c2ccc(CO)cc2)c2ccc(OC)cc2)cc1. The van der Waals surface area contributed by atoms with E-state index in [0.29, 0.717) is 5.92 Å². The first kappa shape index (κ1) is 19.0. The maximum Gasteiger partial charge on any atom is 0.119 e. The van der Waals surface area contributed by atoms with Crippen LogP contribution in [0.3, 0.4) is 0 Å². The lowest BCUT2D eigenvalue weighted by Gasteiger charge is -2.26. The molecule has 3 aromatic carbocycles. The van der Waals surface area contributed by atoms with Crippen LogP contribution < -0.4 is 9.64 Å². The first-order valence-electron chi connectivity index (χ1n) is 9.40. The minimum Gasteiger partial charge on any atom is -0.497 e. The summed E-state index contributed by atoms with van der Waals surface area (Å²) in [4.78, 5) is 2.21. The number of rotatable bonds is 7. The van der Waals surface area contributed by atoms with Gasteiger partial charge in [-0.25, -0.2) is 0 Å². The summed E-state index contributed by atoms with van der Waals surface area (Å²) in [7, 11) is 1.67. The molecule has 0 aliphatic carbocycles. The molecule has 1 unspecified atom stereocenters. The number of aliphatic hydroxyl groups is 1. The number of aliphatic hydroxyl groups excluding tert-OH is 1. The summed E-state index contributed by atoms with van der Waals surface area (Å²) in [5, 5.41) is 9.34. The zero-order valence-electron chi connectivity index (χ0n) is 16.2. The van der Waals surface area contributed by atoms with Crippen molar-refractivity contribution in [2.75, 3.05) is 12.0 Å². The monoisotopic (exact) mass is 361 g/mol. The van der Waals surface area contributed by atoms with Gasteiger partial charge in [-0.3, -0.25) is 0 Å². The Labute approximate surface area is 161 Å². The highest BCUT2D eigenvalue weighted by molar-refractivity contribution is 5.76. The maximum absolute atomic E-state index is 9.34. The second-order valence-electron chi connectivity index (χ2n) is 6.76. The van der Waals surface area contributed by atoms with E-state index in [2.05, 4.69) is 55.1 Å². The van der Waals surface area contributed by atoms with Crippen LogP contribution in [0.5, 0.6) is 5.75 Å². The molecule has 3 rings (SSSR count). The fraction of sp³-hybridized carbons (Fsp3) is 0.250. The fourth-order valence-electron chi connectivity index (χ4n) is 3.12. The van der Waals surface area contributed by atoms with Gasteiger partial charge in [-0.15, -0.1) is 0 Å². The van der Waals surface area contributed by atoms with Gasteiger partial charge in [0.25, 0.3) is 0 Å². The van der Waals surface area contributed by atoms with Crippen LogP contribution in [-0.2, 0) is 6.61 Å². The summed E-state index contributed by atoms with van der Waals surface area (Å²) in [5.41, 5.74) is 5.47. The van der Waals surface area contributed by atoms with E-state index in [1.54, 1.807) is 7.11 Å². The average molecular weight is 361 g/mol. The number of benzene rings is 3. The molecule has 0 aliphatic rings. The second kappa shape index (κ2) is 8.74. The van der Waals surface area contributed by atoms with Gasteiger partial charge in [0.2, 0.25) is 0 Å². The molecule has 0 heterocycles. The van der Waals surface area contributed by atoms with Gasteiger partial charge in [0, 0.05) is 17.1 Å². The Kier molecular flexibility index (Phi) is 6.15. The van der Waals surface area contributed by atoms with Gasteiger partial charge in [0.15, 0.2) is 0 Å². The Hall–Kier alpha value is -2.78. The Morgan fingerprint density at radius 2 is 1.30 bits per heavy atom. The average Bonchev–Trinajstić information content (AvgIpc) is 2.75. The van der Waals surface area contributed by atoms with Crippen LogP contribution in [0.4, 0.5) is 17.1 Å². The van der Waals surface area contributed by atoms with Crippen LogP contribution in [-0.4, -0.2) is 12.2 Å². The second-order valence-corrected chi connectivity index (χ2v) is 6.76. The lowest BCUT2D eigenvalue weighted by Crippen LogP contribution is -2.10. The molecule has 0 saturated carbocycles. The van der Waals surface area contributed by atoms with Crippen molar-refractivity contribution in [2.45, 2.75) is 32.8 Å². The van der Waals surface area contributed by atoms with E-state index >= 15 is 0 Å². The summed E-state index contributed by atoms with van der Waals surface area (Å²) >= 11 is 0. The largest absolute Gasteiger partial charge is 0.497 e. The number of anilines is 3. The number of methoxy groups -OCH3 is 1. The molecule has 0 radical (unpaired) electrons. The molecular weight excluding hydrogens is 334 g/mol. The van der Waals surface area contributed by atoms with Gasteiger partial charge in [-0.2, -0.15) is 0 Å². The van der Waals surface area contributed by atoms with E-state index in [0.717, 1.165) is 34.8 Å². The molecule has 0 amide bonds. The fourth-order valence-corrected chi connectivity index (χ4v) is 3.12. The van der Waals surface area contributed by atoms with Gasteiger partial charge in [0.1, 0.15) is 5.75 Å². The van der Waals surface area contributed by atoms with E-state index in [1.807, 2.05) is 36.4 Å². The molecule has 0 aromatic heterocycles. The van der Waals surface area contributed by atoms with Crippen molar-refractivity contribution in [3.05, 3.63) is 83.9 Å². The zero-order chi connectivity index (χ0) is 19.2. The highest BCUT2D eigenvalue weighted by Gasteiger charge is 2.13. The molecule has 140 valence electrons. The first-order chi connectivity index (χ1) is 13.2. The van der Waals surface area contributed by atoms with Gasteiger partial charge in [-0.1, -0.05) is 38.1 Å². The summed E-state index contributed by atoms with van der Waals surface area (Å²) in [6, 6.07) is 24.8. The molecule has 0 saturated heterocycles. The van der Waals surface area contributed by atoms with Gasteiger partial charge in [-0.05, 0) is 72.0 Å². The smallest absolute Gasteiger partial charge is 0.119 e. The lowest BCUT2D eigenvalue weighted by atomic mass is 9.98. The Morgan fingerprint density at radius 3 is 1.74 bits per heavy atom. The predicted molar refractivity (Wildman–Crippen MR) is 112 cm³/mol. The van der Waals surface area contributed by atoms with Crippen molar-refractivity contribution in [2.24, 2.45) is 0 Å². The van der Waals surface area contributed by atoms with Crippen molar-refractivity contribution >= 4 is 17.1 Å². The quantitative estimate of drug-likeness (QED) is 0.546. The van der Waals surface area contributed by atoms with E-state index in [-0.39, 0.29) is 6.61 Å². The third-order valence-corrected chi connectivity index (χ3v) is 5.04. The minimum atomic E-state index is 0.0480. The molecule has 1 N–H and O–H groups in total. The minimum absolute atomic E-state index is 0.0480. The van der Waals surface area contributed by atoms with Crippen LogP contribution in [0.25, 0.3) is 0 Å². The van der Waals surface area contributed by atoms with Gasteiger partial charge >= 0.3 is 0 Å². The molecule has 0 fully saturated rings. The molecule has 27 heavy (non-hydrogen) atoms. The van der Waals surface area contributed by atoms with Crippen molar-refractivity contribution in [3.8, 4) is 5.75 Å². The van der Waals surface area contributed by atoms with Crippen LogP contribution in [0.2, 0.25) is 0 Å². The molecule has 3 heteroatoms. The predicted octanol–water partition coefficient (Wildman–Crippen LogP) is 6.17. The van der Waals surface area contributed by atoms with E-state index in [1.165, 1.54) is 5.56 Å². The molecular formula is C24H27NO2. The Balaban J connectivity index is 2.02. The maximum atomic E-state index is 9.34. The molecule has 3 aromatic rings. The number of hydrogen-bond acceptors (Lipinski definition) is 3. The van der Waals surface area contributed by atoms with Crippen LogP contribution in [0.1, 0.15) is 37.3 Å². The van der Waals surface area contributed by atoms with Gasteiger partial charge < -0.3 is 14.7 Å². The summed E-state index contributed by atoms with van der Waals surface area (Å²) in [5.74, 6) is 1.39. The first-order valence-corrected chi connectivity index (χ1v) is 9.40. The standard InChI is InChI=1S/C24H27NO2/c1-4-18(2)20-7-11-22(12-8-20)25(21-9-5-19(17-26)6-10-21)23-13-15-24(27-3)16-14-23/h5-16,18,26H,4,17H2,1-3H3. The third-order valence-electron chi connectivity index (χ3n) is 5.04. The molecule has 3 nitrogen and oxygen atoms in total. The van der Waals surface area contributed by atoms with Crippen molar-refractivity contribution < 1.29 is 9.84 Å². The summed E-state index contributed by atoms with van der Waals surface area (Å²) < 4.78 is 5.30. The van der Waals surface area contributed by atoms with E-state index in [4.69, 9.17) is 4.74 Å². The number of hydrogen-bond donors (Lipinski definition) is 1. The summed E-state index contributed by atoms with van der Waals surface area (Å²) in [6.45, 7) is 4.52. The molecule has 0 aliphatic heterocycles. The molecule has 1 atom stereocenters. The Morgan fingerprint density at radius 1 is 0.815 bits per heavy atom. The van der Waals surface area contributed by atoms with Crippen molar-refractivity contribution in [3.63, 3.8) is 0 Å². The highest BCUT2D eigenvalue weighted by Crippen LogP contribution is 2.36. The van der Waals surface area contributed by atoms with E-state index in [9.17, 15) is 5.11 Å². The zero-order valence-corrected chi connectivity index (χ0v) is 16.2. The normalized spacial score (nSPS) is 11.9. The number of ether oxygens (including phenoxy) is 1. The van der Waals surface area contributed by atoms with Gasteiger partial charge in [0.05, 0.1) is 13.7 Å². The third kappa shape index (κ3) is 4.32. The van der Waals surface area contributed by atoms with Crippen LogP contribution in [0.15, 0.2) is 72.8 Å². The van der Waals surface area contributed by atoms with E-state index < -0.39 is 0 Å².